The monoisotopic (exact) mass is 527 g/mol. The van der Waals surface area contributed by atoms with Crippen LogP contribution < -0.4 is 25.8 Å². The normalized spacial score (nSPS) is 21.5. The van der Waals surface area contributed by atoms with Crippen LogP contribution in [0.15, 0.2) is 12.7 Å². The molecule has 35 heavy (non-hydrogen) atoms. The third-order valence-corrected chi connectivity index (χ3v) is 8.35. The molecule has 2 aromatic rings. The second-order valence-electron chi connectivity index (χ2n) is 8.33. The lowest BCUT2D eigenvalue weighted by atomic mass is 10.0. The highest BCUT2D eigenvalue weighted by Gasteiger charge is 2.42. The van der Waals surface area contributed by atoms with E-state index in [9.17, 15) is 18.0 Å². The Labute approximate surface area is 206 Å². The van der Waals surface area contributed by atoms with Gasteiger partial charge in [0.1, 0.15) is 11.8 Å². The lowest BCUT2D eigenvalue weighted by Gasteiger charge is -2.16. The van der Waals surface area contributed by atoms with E-state index in [2.05, 4.69) is 30.3 Å². The molecule has 2 fully saturated rings. The van der Waals surface area contributed by atoms with E-state index in [1.54, 1.807) is 10.9 Å². The molecule has 2 aliphatic rings. The number of urea groups is 1. The van der Waals surface area contributed by atoms with Gasteiger partial charge in [-0.15, -0.1) is 0 Å². The number of amides is 3. The van der Waals surface area contributed by atoms with Gasteiger partial charge in [-0.05, 0) is 19.3 Å². The third-order valence-electron chi connectivity index (χ3n) is 5.82. The molecule has 2 aliphatic heterocycles. The number of imidazole rings is 1. The lowest BCUT2D eigenvalue weighted by Crippen LogP contribution is -2.41. The first kappa shape index (κ1) is 25.2. The Morgan fingerprint density at radius 2 is 2.09 bits per heavy atom. The van der Waals surface area contributed by atoms with E-state index in [0.29, 0.717) is 35.8 Å². The van der Waals surface area contributed by atoms with Crippen molar-refractivity contribution < 1.29 is 22.7 Å². The van der Waals surface area contributed by atoms with E-state index in [1.165, 1.54) is 6.33 Å². The number of nitrogens with two attached hydrogens (primary N) is 1. The van der Waals surface area contributed by atoms with Gasteiger partial charge in [0.15, 0.2) is 11.5 Å². The first-order chi connectivity index (χ1) is 16.8. The highest BCUT2D eigenvalue weighted by atomic mass is 32.2. The topological polar surface area (TPSA) is 195 Å². The predicted molar refractivity (Wildman–Crippen MR) is 130 cm³/mol. The largest absolute Gasteiger partial charge is 0.449 e. The van der Waals surface area contributed by atoms with Crippen LogP contribution in [-0.4, -0.2) is 76.3 Å². The van der Waals surface area contributed by atoms with Crippen molar-refractivity contribution in [3.63, 3.8) is 0 Å². The maximum absolute atomic E-state index is 12.0. The number of unbranched alkanes of at least 4 members (excludes halogenated alkanes) is 2. The molecule has 4 rings (SSSR count). The number of carbonyl (C=O) groups excluding carboxylic acids is 2. The van der Waals surface area contributed by atoms with Gasteiger partial charge < -0.3 is 25.7 Å². The van der Waals surface area contributed by atoms with Gasteiger partial charge in [0, 0.05) is 24.1 Å². The lowest BCUT2D eigenvalue weighted by molar-refractivity contribution is 0.150. The van der Waals surface area contributed by atoms with Crippen LogP contribution in [0, 0.1) is 0 Å². The minimum absolute atomic E-state index is 0.0957. The van der Waals surface area contributed by atoms with Crippen molar-refractivity contribution in [2.75, 3.05) is 24.6 Å². The van der Waals surface area contributed by atoms with Gasteiger partial charge in [0.2, 0.25) is 0 Å². The van der Waals surface area contributed by atoms with E-state index < -0.39 is 16.3 Å². The van der Waals surface area contributed by atoms with Crippen LogP contribution in [0.5, 0.6) is 0 Å². The Balaban J connectivity index is 1.06. The minimum atomic E-state index is -4.03. The fraction of sp³-hybridized carbons (Fsp3) is 0.632. The molecule has 3 amide bonds. The van der Waals surface area contributed by atoms with Crippen LogP contribution in [0.1, 0.15) is 32.1 Å². The number of anilines is 1. The summed E-state index contributed by atoms with van der Waals surface area (Å²) in [6, 6.07) is 0.292. The molecule has 6 N–H and O–H groups in total. The molecule has 0 aliphatic carbocycles. The van der Waals surface area contributed by atoms with Crippen LogP contribution in [0.2, 0.25) is 0 Å². The number of nitrogens with zero attached hydrogens (tertiary/aromatic N) is 4. The molecule has 2 saturated heterocycles. The molecule has 0 radical (unpaired) electrons. The summed E-state index contributed by atoms with van der Waals surface area (Å²) in [4.78, 5) is 35.4. The summed E-state index contributed by atoms with van der Waals surface area (Å²) in [5.74, 6) is 1.20. The number of nitrogen functional groups attached to an aromatic ring is 1. The van der Waals surface area contributed by atoms with Gasteiger partial charge in [-0.3, -0.25) is 0 Å². The number of aryl methyl sites for hydroxylation is 1. The van der Waals surface area contributed by atoms with Gasteiger partial charge in [-0.1, -0.05) is 12.8 Å². The summed E-state index contributed by atoms with van der Waals surface area (Å²) in [7, 11) is -4.03. The quantitative estimate of drug-likeness (QED) is 0.186. The van der Waals surface area contributed by atoms with Crippen molar-refractivity contribution in [2.24, 2.45) is 0 Å². The van der Waals surface area contributed by atoms with E-state index >= 15 is 0 Å². The smallest absolute Gasteiger partial charge is 0.421 e. The summed E-state index contributed by atoms with van der Waals surface area (Å²) < 4.78 is 35.0. The molecule has 16 heteroatoms. The molecule has 192 valence electrons. The zero-order valence-corrected chi connectivity index (χ0v) is 20.6. The molecule has 0 bridgehead atoms. The van der Waals surface area contributed by atoms with Crippen LogP contribution in [0.3, 0.4) is 0 Å². The molecule has 0 unspecified atom stereocenters. The van der Waals surface area contributed by atoms with Crippen molar-refractivity contribution in [3.05, 3.63) is 12.7 Å². The maximum Gasteiger partial charge on any atom is 0.421 e. The number of aromatic nitrogens is 4. The fourth-order valence-electron chi connectivity index (χ4n) is 4.13. The van der Waals surface area contributed by atoms with Crippen molar-refractivity contribution in [1.29, 1.82) is 0 Å². The number of fused-ring (bicyclic) bond motifs is 2. The number of rotatable bonds is 12. The molecule has 3 atom stereocenters. The number of nitrogens with one attached hydrogen (secondary N) is 4. The molecule has 2 aromatic heterocycles. The van der Waals surface area contributed by atoms with E-state index in [1.807, 2.05) is 16.5 Å². The first-order valence-electron chi connectivity index (χ1n) is 11.4. The maximum atomic E-state index is 12.0. The first-order valence-corrected chi connectivity index (χ1v) is 13.9. The van der Waals surface area contributed by atoms with Crippen molar-refractivity contribution >= 4 is 51.1 Å². The Bertz CT molecular complexity index is 1160. The van der Waals surface area contributed by atoms with Gasteiger partial charge in [0.05, 0.1) is 25.0 Å². The van der Waals surface area contributed by atoms with Crippen LogP contribution >= 0.6 is 11.8 Å². The number of thioether (sulfide) groups is 1. The van der Waals surface area contributed by atoms with Crippen molar-refractivity contribution in [3.8, 4) is 0 Å². The van der Waals surface area contributed by atoms with Crippen LogP contribution in [0.25, 0.3) is 11.2 Å². The summed E-state index contributed by atoms with van der Waals surface area (Å²) >= 11 is 1.86. The molecule has 0 aromatic carbocycles. The Hall–Kier alpha value is -2.85. The number of carbonyl (C=O) groups is 2. The summed E-state index contributed by atoms with van der Waals surface area (Å²) in [5.41, 5.74) is 6.80. The second kappa shape index (κ2) is 11.3. The third kappa shape index (κ3) is 6.64. The van der Waals surface area contributed by atoms with E-state index in [4.69, 9.17) is 10.5 Å². The average Bonchev–Trinajstić information content (AvgIpc) is 3.49. The van der Waals surface area contributed by atoms with E-state index in [0.717, 1.165) is 25.0 Å². The Morgan fingerprint density at radius 1 is 1.23 bits per heavy atom. The zero-order chi connectivity index (χ0) is 24.8. The predicted octanol–water partition coefficient (Wildman–Crippen LogP) is 0.0850. The van der Waals surface area contributed by atoms with Gasteiger partial charge in [-0.25, -0.2) is 29.3 Å². The fourth-order valence-corrected chi connectivity index (χ4v) is 6.43. The summed E-state index contributed by atoms with van der Waals surface area (Å²) in [6.45, 7) is 0.672. The minimum Gasteiger partial charge on any atom is -0.449 e. The Morgan fingerprint density at radius 3 is 2.94 bits per heavy atom. The zero-order valence-electron chi connectivity index (χ0n) is 19.0. The molecule has 4 heterocycles. The molecular formula is C19H29N9O5S2. The van der Waals surface area contributed by atoms with Crippen LogP contribution in [0.4, 0.5) is 15.4 Å². The Kier molecular flexibility index (Phi) is 8.12. The van der Waals surface area contributed by atoms with Crippen molar-refractivity contribution in [1.82, 2.24) is 39.6 Å². The SMILES string of the molecule is Nc1ncnc2c1ncn2CCCNS(=O)(=O)NC(=O)OCCCCC[C@@H]1SC[C@@H]2NC(=O)N[C@@H]21. The van der Waals surface area contributed by atoms with Gasteiger partial charge >= 0.3 is 22.3 Å². The highest BCUT2D eigenvalue weighted by Crippen LogP contribution is 2.33. The van der Waals surface area contributed by atoms with Gasteiger partial charge in [-0.2, -0.15) is 24.9 Å². The van der Waals surface area contributed by atoms with E-state index in [-0.39, 0.29) is 37.1 Å². The molecule has 0 spiro atoms. The highest BCUT2D eigenvalue weighted by molar-refractivity contribution is 8.00. The average molecular weight is 528 g/mol. The molecular weight excluding hydrogens is 498 g/mol. The standard InChI is InChI=1S/C19H29N9O5S2/c20-16-15-17(22-10-21-16)28(11-23-15)7-4-6-24-35(31,32)27-19(30)33-8-3-1-2-5-13-14-12(9-34-13)25-18(29)26-14/h10-14,24H,1-9H2,(H,27,30)(H2,20,21,22)(H2,25,26,29)/t12-,13-,14-/m0/s1. The number of ether oxygens (including phenoxy) is 1. The van der Waals surface area contributed by atoms with Crippen LogP contribution in [-0.2, 0) is 21.5 Å². The summed E-state index contributed by atoms with van der Waals surface area (Å²) in [5, 5.41) is 6.27. The second-order valence-corrected chi connectivity index (χ2v) is 11.1. The molecule has 0 saturated carbocycles. The molecule has 14 nitrogen and oxygen atoms in total. The summed E-state index contributed by atoms with van der Waals surface area (Å²) in [6.07, 6.45) is 5.70. The van der Waals surface area contributed by atoms with Gasteiger partial charge in [0.25, 0.3) is 0 Å². The number of hydrogen-bond donors (Lipinski definition) is 5. The van der Waals surface area contributed by atoms with Crippen molar-refractivity contribution in [2.45, 2.75) is 56.0 Å². The number of hydrogen-bond acceptors (Lipinski definition) is 10.